The molecule has 0 aliphatic carbocycles. The van der Waals surface area contributed by atoms with E-state index in [-0.39, 0.29) is 11.9 Å². The molecule has 5 heteroatoms. The van der Waals surface area contributed by atoms with E-state index in [1.54, 1.807) is 6.07 Å². The average molecular weight is 342 g/mol. The molecule has 3 unspecified atom stereocenters. The predicted octanol–water partition coefficient (Wildman–Crippen LogP) is 4.95. The van der Waals surface area contributed by atoms with Gasteiger partial charge in [0.15, 0.2) is 0 Å². The van der Waals surface area contributed by atoms with Crippen molar-refractivity contribution in [2.24, 2.45) is 5.92 Å². The van der Waals surface area contributed by atoms with Crippen LogP contribution in [0, 0.1) is 11.7 Å². The van der Waals surface area contributed by atoms with E-state index in [2.05, 4.69) is 22.9 Å². The van der Waals surface area contributed by atoms with Gasteiger partial charge in [0.05, 0.1) is 16.5 Å². The topological polar surface area (TPSA) is 9.23 Å². The van der Waals surface area contributed by atoms with Gasteiger partial charge in [-0.05, 0) is 40.4 Å². The van der Waals surface area contributed by atoms with Crippen LogP contribution in [0.2, 0.25) is 5.02 Å². The van der Waals surface area contributed by atoms with Gasteiger partial charge in [-0.15, -0.1) is 11.6 Å². The Kier molecular flexibility index (Phi) is 4.35. The first kappa shape index (κ1) is 13.6. The van der Waals surface area contributed by atoms with Crippen LogP contribution in [0.5, 0.6) is 0 Å². The third kappa shape index (κ3) is 2.78. The molecule has 2 rings (SSSR count). The molecule has 94 valence electrons. The van der Waals surface area contributed by atoms with Crippen LogP contribution in [0.25, 0.3) is 0 Å². The van der Waals surface area contributed by atoms with Crippen molar-refractivity contribution in [2.45, 2.75) is 24.8 Å². The number of hydrogen-bond acceptors (Lipinski definition) is 1. The van der Waals surface area contributed by atoms with Crippen molar-refractivity contribution in [1.82, 2.24) is 0 Å². The summed E-state index contributed by atoms with van der Waals surface area (Å²) in [4.78, 5) is 0. The molecule has 1 aliphatic rings. The van der Waals surface area contributed by atoms with Gasteiger partial charge in [0.1, 0.15) is 5.82 Å². The maximum absolute atomic E-state index is 13.8. The fourth-order valence-corrected chi connectivity index (χ4v) is 2.99. The Balaban J connectivity index is 2.30. The highest BCUT2D eigenvalue weighted by atomic mass is 79.9. The molecule has 0 amide bonds. The third-order valence-corrected chi connectivity index (χ3v) is 4.75. The Morgan fingerprint density at radius 2 is 2.24 bits per heavy atom. The van der Waals surface area contributed by atoms with Crippen LogP contribution in [-0.4, -0.2) is 12.7 Å². The highest BCUT2D eigenvalue weighted by Crippen LogP contribution is 2.39. The van der Waals surface area contributed by atoms with Crippen molar-refractivity contribution in [2.75, 3.05) is 6.61 Å². The summed E-state index contributed by atoms with van der Waals surface area (Å²) >= 11 is 15.4. The first-order chi connectivity index (χ1) is 8.00. The zero-order chi connectivity index (χ0) is 12.6. The Morgan fingerprint density at radius 1 is 1.53 bits per heavy atom. The summed E-state index contributed by atoms with van der Waals surface area (Å²) in [5, 5.41) is -0.0456. The minimum Gasteiger partial charge on any atom is -0.376 e. The SMILES string of the molecule is CC1CCOC1C(Cl)c1cc(Cl)c(Br)cc1F. The molecule has 1 aromatic carbocycles. The van der Waals surface area contributed by atoms with Gasteiger partial charge in [0.25, 0.3) is 0 Å². The van der Waals surface area contributed by atoms with E-state index in [1.165, 1.54) is 6.07 Å². The summed E-state index contributed by atoms with van der Waals surface area (Å²) in [6, 6.07) is 2.90. The van der Waals surface area contributed by atoms with Crippen LogP contribution >= 0.6 is 39.1 Å². The molecule has 17 heavy (non-hydrogen) atoms. The molecule has 1 aromatic rings. The Morgan fingerprint density at radius 3 is 2.82 bits per heavy atom. The van der Waals surface area contributed by atoms with Gasteiger partial charge >= 0.3 is 0 Å². The van der Waals surface area contributed by atoms with Gasteiger partial charge < -0.3 is 4.74 Å². The average Bonchev–Trinajstić information content (AvgIpc) is 2.69. The van der Waals surface area contributed by atoms with Gasteiger partial charge in [-0.2, -0.15) is 0 Å². The second-order valence-corrected chi connectivity index (χ2v) is 6.02. The maximum Gasteiger partial charge on any atom is 0.129 e. The van der Waals surface area contributed by atoms with E-state index in [0.29, 0.717) is 27.6 Å². The lowest BCUT2D eigenvalue weighted by molar-refractivity contribution is 0.0896. The number of benzene rings is 1. The summed E-state index contributed by atoms with van der Waals surface area (Å²) < 4.78 is 19.9. The Hall–Kier alpha value is 0.170. The molecular formula is C12H12BrCl2FO. The highest BCUT2D eigenvalue weighted by Gasteiger charge is 2.33. The first-order valence-corrected chi connectivity index (χ1v) is 7.01. The molecule has 0 N–H and O–H groups in total. The van der Waals surface area contributed by atoms with Gasteiger partial charge in [-0.3, -0.25) is 0 Å². The van der Waals surface area contributed by atoms with Gasteiger partial charge in [0, 0.05) is 16.6 Å². The van der Waals surface area contributed by atoms with Crippen molar-refractivity contribution >= 4 is 39.1 Å². The number of rotatable bonds is 2. The van der Waals surface area contributed by atoms with E-state index < -0.39 is 5.38 Å². The lowest BCUT2D eigenvalue weighted by Gasteiger charge is -2.21. The quantitative estimate of drug-likeness (QED) is 0.546. The van der Waals surface area contributed by atoms with Crippen molar-refractivity contribution < 1.29 is 9.13 Å². The zero-order valence-electron chi connectivity index (χ0n) is 9.22. The van der Waals surface area contributed by atoms with Crippen LogP contribution in [0.1, 0.15) is 24.3 Å². The minimum absolute atomic E-state index is 0.150. The van der Waals surface area contributed by atoms with Crippen LogP contribution in [0.4, 0.5) is 4.39 Å². The fraction of sp³-hybridized carbons (Fsp3) is 0.500. The lowest BCUT2D eigenvalue weighted by atomic mass is 9.97. The van der Waals surface area contributed by atoms with Crippen molar-refractivity contribution in [3.8, 4) is 0 Å². The largest absolute Gasteiger partial charge is 0.376 e. The van der Waals surface area contributed by atoms with Crippen LogP contribution in [0.15, 0.2) is 16.6 Å². The molecule has 0 aromatic heterocycles. The smallest absolute Gasteiger partial charge is 0.129 e. The molecule has 0 bridgehead atoms. The standard InChI is InChI=1S/C12H12BrCl2FO/c1-6-2-3-17-12(6)11(15)7-4-9(14)8(13)5-10(7)16/h4-6,11-12H,2-3H2,1H3. The normalized spacial score (nSPS) is 26.2. The molecule has 1 aliphatic heterocycles. The maximum atomic E-state index is 13.8. The third-order valence-electron chi connectivity index (χ3n) is 3.07. The number of hydrogen-bond donors (Lipinski definition) is 0. The summed E-state index contributed by atoms with van der Waals surface area (Å²) in [5.41, 5.74) is 0.401. The van der Waals surface area contributed by atoms with E-state index in [0.717, 1.165) is 6.42 Å². The summed E-state index contributed by atoms with van der Waals surface area (Å²) in [7, 11) is 0. The number of halogens is 4. The number of ether oxygens (including phenoxy) is 1. The second kappa shape index (κ2) is 5.43. The molecular weight excluding hydrogens is 330 g/mol. The zero-order valence-corrected chi connectivity index (χ0v) is 12.3. The van der Waals surface area contributed by atoms with E-state index in [4.69, 9.17) is 27.9 Å². The van der Waals surface area contributed by atoms with E-state index in [9.17, 15) is 4.39 Å². The lowest BCUT2D eigenvalue weighted by Crippen LogP contribution is -2.20. The van der Waals surface area contributed by atoms with Crippen molar-refractivity contribution in [3.05, 3.63) is 33.0 Å². The number of alkyl halides is 1. The van der Waals surface area contributed by atoms with Gasteiger partial charge in [-0.1, -0.05) is 18.5 Å². The molecule has 1 nitrogen and oxygen atoms in total. The minimum atomic E-state index is -0.502. The summed E-state index contributed by atoms with van der Waals surface area (Å²) in [6.45, 7) is 2.74. The predicted molar refractivity (Wildman–Crippen MR) is 71.2 cm³/mol. The highest BCUT2D eigenvalue weighted by molar-refractivity contribution is 9.10. The molecule has 1 heterocycles. The summed E-state index contributed by atoms with van der Waals surface area (Å²) in [6.07, 6.45) is 0.808. The Bertz CT molecular complexity index is 427. The van der Waals surface area contributed by atoms with Gasteiger partial charge in [0.2, 0.25) is 0 Å². The van der Waals surface area contributed by atoms with Crippen molar-refractivity contribution in [1.29, 1.82) is 0 Å². The van der Waals surface area contributed by atoms with Gasteiger partial charge in [-0.25, -0.2) is 4.39 Å². The molecule has 0 radical (unpaired) electrons. The molecule has 1 saturated heterocycles. The first-order valence-electron chi connectivity index (χ1n) is 5.41. The molecule has 0 saturated carbocycles. The van der Waals surface area contributed by atoms with Crippen LogP contribution in [-0.2, 0) is 4.74 Å². The van der Waals surface area contributed by atoms with Crippen LogP contribution < -0.4 is 0 Å². The second-order valence-electron chi connectivity index (χ2n) is 4.29. The molecule has 1 fully saturated rings. The van der Waals surface area contributed by atoms with E-state index >= 15 is 0 Å². The van der Waals surface area contributed by atoms with Crippen LogP contribution in [0.3, 0.4) is 0 Å². The Labute approximate surface area is 118 Å². The molecule has 0 spiro atoms. The monoisotopic (exact) mass is 340 g/mol. The van der Waals surface area contributed by atoms with Crippen molar-refractivity contribution in [3.63, 3.8) is 0 Å². The van der Waals surface area contributed by atoms with E-state index in [1.807, 2.05) is 0 Å². The summed E-state index contributed by atoms with van der Waals surface area (Å²) in [5.74, 6) is -0.0247. The molecule has 3 atom stereocenters. The fourth-order valence-electron chi connectivity index (χ4n) is 2.02.